The molecule has 2 heterocycles. The van der Waals surface area contributed by atoms with Crippen LogP contribution in [0.15, 0.2) is 0 Å². The van der Waals surface area contributed by atoms with Crippen molar-refractivity contribution in [1.82, 2.24) is 15.1 Å². The van der Waals surface area contributed by atoms with Gasteiger partial charge in [0.15, 0.2) is 5.69 Å². The van der Waals surface area contributed by atoms with Gasteiger partial charge < -0.3 is 9.64 Å². The molecule has 1 amide bonds. The van der Waals surface area contributed by atoms with E-state index in [1.165, 1.54) is 18.9 Å². The molecule has 6 nitrogen and oxygen atoms in total. The number of nitrogens with zero attached hydrogens (tertiary/aromatic N) is 2. The minimum Gasteiger partial charge on any atom is -0.469 e. The Morgan fingerprint density at radius 1 is 1.45 bits per heavy atom. The molecule has 1 aliphatic heterocycles. The van der Waals surface area contributed by atoms with Crippen molar-refractivity contribution in [2.45, 2.75) is 38.4 Å². The van der Waals surface area contributed by atoms with Crippen LogP contribution in [0.2, 0.25) is 0 Å². The molecule has 0 aromatic carbocycles. The third kappa shape index (κ3) is 3.07. The fraction of sp³-hybridized carbons (Fsp3) is 0.615. The highest BCUT2D eigenvalue weighted by molar-refractivity contribution is 5.94. The maximum Gasteiger partial charge on any atom is 0.420 e. The van der Waals surface area contributed by atoms with Crippen LogP contribution in [-0.2, 0) is 15.7 Å². The second-order valence-corrected chi connectivity index (χ2v) is 5.14. The van der Waals surface area contributed by atoms with Crippen LogP contribution in [0.25, 0.3) is 0 Å². The number of methoxy groups -OCH3 is 1. The lowest BCUT2D eigenvalue weighted by Crippen LogP contribution is -2.38. The third-order valence-electron chi connectivity index (χ3n) is 3.70. The van der Waals surface area contributed by atoms with Crippen molar-refractivity contribution >= 4 is 11.9 Å². The quantitative estimate of drug-likeness (QED) is 0.864. The third-order valence-corrected chi connectivity index (χ3v) is 3.70. The van der Waals surface area contributed by atoms with Crippen LogP contribution in [0.1, 0.15) is 41.0 Å². The molecule has 0 radical (unpaired) electrons. The topological polar surface area (TPSA) is 75.3 Å². The van der Waals surface area contributed by atoms with Gasteiger partial charge in [0.05, 0.1) is 13.5 Å². The Morgan fingerprint density at radius 3 is 2.73 bits per heavy atom. The molecule has 1 saturated heterocycles. The van der Waals surface area contributed by atoms with E-state index in [4.69, 9.17) is 0 Å². The molecular weight excluding hydrogens is 303 g/mol. The maximum atomic E-state index is 13.0. The van der Waals surface area contributed by atoms with E-state index in [9.17, 15) is 22.8 Å². The summed E-state index contributed by atoms with van der Waals surface area (Å²) in [6.45, 7) is 1.51. The number of H-pyrrole nitrogens is 1. The fourth-order valence-electron chi connectivity index (χ4n) is 2.66. The van der Waals surface area contributed by atoms with E-state index in [1.54, 1.807) is 0 Å². The van der Waals surface area contributed by atoms with Gasteiger partial charge in [-0.3, -0.25) is 14.7 Å². The molecule has 1 aliphatic rings. The van der Waals surface area contributed by atoms with Crippen molar-refractivity contribution in [1.29, 1.82) is 0 Å². The Balaban J connectivity index is 2.26. The van der Waals surface area contributed by atoms with Gasteiger partial charge in [0.2, 0.25) is 0 Å². The summed E-state index contributed by atoms with van der Waals surface area (Å²) in [4.78, 5) is 25.0. The smallest absolute Gasteiger partial charge is 0.420 e. The first-order chi connectivity index (χ1) is 10.3. The van der Waals surface area contributed by atoms with Crippen LogP contribution < -0.4 is 0 Å². The molecule has 1 N–H and O–H groups in total. The van der Waals surface area contributed by atoms with Gasteiger partial charge in [-0.05, 0) is 19.8 Å². The van der Waals surface area contributed by atoms with Crippen molar-refractivity contribution in [3.8, 4) is 0 Å². The van der Waals surface area contributed by atoms with Gasteiger partial charge in [0.1, 0.15) is 5.56 Å². The number of halogens is 3. The molecule has 22 heavy (non-hydrogen) atoms. The minimum absolute atomic E-state index is 0.0347. The molecule has 0 aliphatic carbocycles. The van der Waals surface area contributed by atoms with Crippen LogP contribution in [0.5, 0.6) is 0 Å². The standard InChI is InChI=1S/C13H16F3N3O3/c1-7-10(13(14,15)16)11(18-17-7)12(21)19-5-3-4-8(19)6-9(20)22-2/h8H,3-6H2,1-2H3,(H,17,18). The van der Waals surface area contributed by atoms with Gasteiger partial charge in [-0.25, -0.2) is 0 Å². The largest absolute Gasteiger partial charge is 0.469 e. The summed E-state index contributed by atoms with van der Waals surface area (Å²) in [6.07, 6.45) is -3.53. The summed E-state index contributed by atoms with van der Waals surface area (Å²) in [6, 6.07) is -0.460. The summed E-state index contributed by atoms with van der Waals surface area (Å²) in [7, 11) is 1.22. The van der Waals surface area contributed by atoms with Crippen LogP contribution >= 0.6 is 0 Å². The van der Waals surface area contributed by atoms with Crippen molar-refractivity contribution in [2.75, 3.05) is 13.7 Å². The predicted molar refractivity (Wildman–Crippen MR) is 69.0 cm³/mol. The van der Waals surface area contributed by atoms with E-state index in [1.807, 2.05) is 0 Å². The summed E-state index contributed by atoms with van der Waals surface area (Å²) >= 11 is 0. The maximum absolute atomic E-state index is 13.0. The molecule has 1 aromatic heterocycles. The summed E-state index contributed by atoms with van der Waals surface area (Å²) in [5.74, 6) is -1.32. The monoisotopic (exact) mass is 319 g/mol. The number of hydrogen-bond acceptors (Lipinski definition) is 4. The van der Waals surface area contributed by atoms with E-state index in [0.717, 1.165) is 0 Å². The van der Waals surface area contributed by atoms with E-state index >= 15 is 0 Å². The zero-order valence-corrected chi connectivity index (χ0v) is 12.2. The van der Waals surface area contributed by atoms with Crippen molar-refractivity contribution in [2.24, 2.45) is 0 Å². The number of carbonyl (C=O) groups excluding carboxylic acids is 2. The Labute approximate surface area is 124 Å². The zero-order valence-electron chi connectivity index (χ0n) is 12.2. The number of esters is 1. The molecule has 0 bridgehead atoms. The van der Waals surface area contributed by atoms with E-state index in [-0.39, 0.29) is 12.1 Å². The molecule has 2 rings (SSSR count). The SMILES string of the molecule is COC(=O)CC1CCCN1C(=O)c1n[nH]c(C)c1C(F)(F)F. The number of amides is 1. The predicted octanol–water partition coefficient (Wildman–Crippen LogP) is 1.90. The van der Waals surface area contributed by atoms with Gasteiger partial charge in [-0.15, -0.1) is 0 Å². The highest BCUT2D eigenvalue weighted by Crippen LogP contribution is 2.35. The first kappa shape index (κ1) is 16.3. The molecule has 1 aromatic rings. The molecular formula is C13H16F3N3O3. The van der Waals surface area contributed by atoms with Crippen molar-refractivity contribution < 1.29 is 27.5 Å². The summed E-state index contributed by atoms with van der Waals surface area (Å²) in [5, 5.41) is 5.71. The van der Waals surface area contributed by atoms with Gasteiger partial charge >= 0.3 is 12.1 Å². The second-order valence-electron chi connectivity index (χ2n) is 5.14. The first-order valence-corrected chi connectivity index (χ1v) is 6.75. The second kappa shape index (κ2) is 5.98. The van der Waals surface area contributed by atoms with Gasteiger partial charge in [-0.2, -0.15) is 18.3 Å². The van der Waals surface area contributed by atoms with Gasteiger partial charge in [0, 0.05) is 18.3 Å². The number of aromatic nitrogens is 2. The Morgan fingerprint density at radius 2 is 2.14 bits per heavy atom. The molecule has 1 fully saturated rings. The van der Waals surface area contributed by atoms with Crippen LogP contribution in [0, 0.1) is 6.92 Å². The van der Waals surface area contributed by atoms with Crippen molar-refractivity contribution in [3.63, 3.8) is 0 Å². The van der Waals surface area contributed by atoms with Crippen LogP contribution in [0.3, 0.4) is 0 Å². The van der Waals surface area contributed by atoms with E-state index in [0.29, 0.717) is 19.4 Å². The van der Waals surface area contributed by atoms with E-state index in [2.05, 4.69) is 14.9 Å². The zero-order chi connectivity index (χ0) is 16.5. The molecule has 0 saturated carbocycles. The fourth-order valence-corrected chi connectivity index (χ4v) is 2.66. The summed E-state index contributed by atoms with van der Waals surface area (Å²) < 4.78 is 43.7. The molecule has 0 spiro atoms. The Bertz CT molecular complexity index is 583. The van der Waals surface area contributed by atoms with Gasteiger partial charge in [0.25, 0.3) is 5.91 Å². The lowest BCUT2D eigenvalue weighted by molar-refractivity contribution is -0.142. The van der Waals surface area contributed by atoms with Crippen LogP contribution in [-0.4, -0.2) is 46.7 Å². The number of hydrogen-bond donors (Lipinski definition) is 1. The van der Waals surface area contributed by atoms with E-state index < -0.39 is 35.4 Å². The Kier molecular flexibility index (Phi) is 4.43. The lowest BCUT2D eigenvalue weighted by atomic mass is 10.1. The van der Waals surface area contributed by atoms with Crippen molar-refractivity contribution in [3.05, 3.63) is 17.0 Å². The Hall–Kier alpha value is -2.06. The number of likely N-dealkylation sites (tertiary alicyclic amines) is 1. The average molecular weight is 319 g/mol. The first-order valence-electron chi connectivity index (χ1n) is 6.75. The van der Waals surface area contributed by atoms with Gasteiger partial charge in [-0.1, -0.05) is 0 Å². The lowest BCUT2D eigenvalue weighted by Gasteiger charge is -2.23. The summed E-state index contributed by atoms with van der Waals surface area (Å²) in [5.41, 5.74) is -1.91. The number of nitrogens with one attached hydrogen (secondary N) is 1. The number of carbonyl (C=O) groups is 2. The number of ether oxygens (including phenoxy) is 1. The molecule has 1 unspecified atom stereocenters. The number of aryl methyl sites for hydroxylation is 1. The number of aromatic amines is 1. The average Bonchev–Trinajstić information content (AvgIpc) is 3.03. The molecule has 9 heteroatoms. The van der Waals surface area contributed by atoms with Crippen LogP contribution in [0.4, 0.5) is 13.2 Å². The molecule has 1 atom stereocenters. The molecule has 122 valence electrons. The highest BCUT2D eigenvalue weighted by Gasteiger charge is 2.42. The number of alkyl halides is 3. The minimum atomic E-state index is -4.67. The normalized spacial score (nSPS) is 18.6. The number of rotatable bonds is 3. The highest BCUT2D eigenvalue weighted by atomic mass is 19.4.